The largest absolute Gasteiger partial charge is 0.481 e. The van der Waals surface area contributed by atoms with Gasteiger partial charge < -0.3 is 20.7 Å². The number of carboxylic acids is 2. The van der Waals surface area contributed by atoms with Gasteiger partial charge in [0.25, 0.3) is 0 Å². The molecule has 0 spiro atoms. The van der Waals surface area contributed by atoms with Crippen molar-refractivity contribution in [2.45, 2.75) is 12.5 Å². The Bertz CT molecular complexity index is 735. The van der Waals surface area contributed by atoms with Crippen LogP contribution in [0.5, 0.6) is 5.75 Å². The number of ether oxygens (including phenoxy) is 1. The predicted octanol–water partition coefficient (Wildman–Crippen LogP) is 1.71. The van der Waals surface area contributed by atoms with E-state index in [0.29, 0.717) is 17.1 Å². The second-order valence-corrected chi connectivity index (χ2v) is 5.00. The van der Waals surface area contributed by atoms with Crippen molar-refractivity contribution in [3.63, 3.8) is 0 Å². The zero-order valence-electron chi connectivity index (χ0n) is 14.3. The number of aliphatic carboxylic acids is 2. The Balaban J connectivity index is 0. The van der Waals surface area contributed by atoms with E-state index >= 15 is 0 Å². The first-order chi connectivity index (χ1) is 12.8. The van der Waals surface area contributed by atoms with Crippen molar-refractivity contribution in [2.75, 3.05) is 12.4 Å². The number of thioether (sulfide) groups is 1. The molecule has 0 saturated carbocycles. The molecule has 0 aliphatic carbocycles. The van der Waals surface area contributed by atoms with Crippen LogP contribution in [0.3, 0.4) is 0 Å². The van der Waals surface area contributed by atoms with Gasteiger partial charge in [-0.3, -0.25) is 9.59 Å². The molecular formula is C19H18N2O5S. The smallest absolute Gasteiger partial charge is 0.325 e. The number of thiocyanates is 1. The third kappa shape index (κ3) is 15.7. The fourth-order valence-electron chi connectivity index (χ4n) is 1.20. The summed E-state index contributed by atoms with van der Waals surface area (Å²) in [5, 5.41) is 26.1. The predicted molar refractivity (Wildman–Crippen MR) is 103 cm³/mol. The second kappa shape index (κ2) is 17.3. The third-order valence-corrected chi connectivity index (χ3v) is 2.74. The summed E-state index contributed by atoms with van der Waals surface area (Å²) in [5.74, 6) is 5.69. The first kappa shape index (κ1) is 25.7. The number of rotatable bonds is 6. The Hall–Kier alpha value is -3.56. The third-order valence-electron chi connectivity index (χ3n) is 2.30. The van der Waals surface area contributed by atoms with Gasteiger partial charge in [-0.05, 0) is 29.5 Å². The monoisotopic (exact) mass is 386 g/mol. The summed E-state index contributed by atoms with van der Waals surface area (Å²) in [6.07, 6.45) is 14.2. The molecule has 7 nitrogen and oxygen atoms in total. The number of benzene rings is 1. The topological polar surface area (TPSA) is 134 Å². The molecule has 140 valence electrons. The lowest BCUT2D eigenvalue weighted by atomic mass is 10.1. The van der Waals surface area contributed by atoms with Crippen LogP contribution in [0.2, 0.25) is 0 Å². The van der Waals surface area contributed by atoms with Gasteiger partial charge in [-0.25, -0.2) is 0 Å². The van der Waals surface area contributed by atoms with E-state index in [1.54, 1.807) is 24.3 Å². The number of nitrogens with two attached hydrogens (primary N) is 1. The average Bonchev–Trinajstić information content (AvgIpc) is 2.65. The first-order valence-electron chi connectivity index (χ1n) is 7.08. The van der Waals surface area contributed by atoms with Gasteiger partial charge in [-0.15, -0.1) is 19.3 Å². The summed E-state index contributed by atoms with van der Waals surface area (Å²) in [7, 11) is 0. The number of hydrogen-bond acceptors (Lipinski definition) is 6. The second-order valence-electron chi connectivity index (χ2n) is 4.24. The van der Waals surface area contributed by atoms with Crippen molar-refractivity contribution in [3.8, 4) is 48.2 Å². The highest BCUT2D eigenvalue weighted by molar-refractivity contribution is 8.03. The first-order valence-corrected chi connectivity index (χ1v) is 8.06. The van der Waals surface area contributed by atoms with Crippen LogP contribution in [0, 0.1) is 47.7 Å². The zero-order chi connectivity index (χ0) is 21.1. The highest BCUT2D eigenvalue weighted by Crippen LogP contribution is 2.16. The summed E-state index contributed by atoms with van der Waals surface area (Å²) in [6.45, 7) is 0.185. The van der Waals surface area contributed by atoms with E-state index < -0.39 is 18.0 Å². The van der Waals surface area contributed by atoms with E-state index in [1.807, 2.05) is 11.3 Å². The fourth-order valence-corrected chi connectivity index (χ4v) is 1.35. The van der Waals surface area contributed by atoms with Crippen LogP contribution >= 0.6 is 11.8 Å². The fraction of sp³-hybridized carbons (Fsp3) is 0.211. The summed E-state index contributed by atoms with van der Waals surface area (Å²) in [4.78, 5) is 20.0. The van der Waals surface area contributed by atoms with Gasteiger partial charge in [-0.1, -0.05) is 29.9 Å². The van der Waals surface area contributed by atoms with Crippen LogP contribution in [-0.4, -0.2) is 34.5 Å². The Morgan fingerprint density at radius 2 is 1.74 bits per heavy atom. The van der Waals surface area contributed by atoms with Crippen molar-refractivity contribution in [1.82, 2.24) is 0 Å². The molecule has 0 aromatic heterocycles. The molecule has 0 amide bonds. The maximum atomic E-state index is 10.6. The molecule has 0 fully saturated rings. The molecule has 1 aromatic carbocycles. The molecule has 1 unspecified atom stereocenters. The minimum Gasteiger partial charge on any atom is -0.481 e. The SMILES string of the molecule is C#CCC(=O)O.C#CCOc1ccc(C(N)C(=O)O)cc1.C#CCSC#N. The highest BCUT2D eigenvalue weighted by Gasteiger charge is 2.13. The van der Waals surface area contributed by atoms with Crippen molar-refractivity contribution in [1.29, 1.82) is 5.26 Å². The van der Waals surface area contributed by atoms with E-state index in [4.69, 9.17) is 38.8 Å². The number of carboxylic acid groups (broad SMARTS) is 2. The standard InChI is InChI=1S/C11H11NO3.C4H3NS.C4H4O2/c1-2-7-15-9-5-3-8(4-6-9)10(12)11(13)14;1-2-3-6-4-5;1-2-3-4(5)6/h1,3-6,10H,7,12H2,(H,13,14);1H,3H2;1H,3H2,(H,5,6). The molecule has 0 bridgehead atoms. The molecule has 27 heavy (non-hydrogen) atoms. The van der Waals surface area contributed by atoms with Gasteiger partial charge in [0.2, 0.25) is 0 Å². The van der Waals surface area contributed by atoms with Crippen molar-refractivity contribution >= 4 is 23.7 Å². The van der Waals surface area contributed by atoms with E-state index in [-0.39, 0.29) is 13.0 Å². The maximum Gasteiger partial charge on any atom is 0.325 e. The van der Waals surface area contributed by atoms with Crippen LogP contribution in [-0.2, 0) is 9.59 Å². The molecule has 0 radical (unpaired) electrons. The van der Waals surface area contributed by atoms with Gasteiger partial charge in [0.05, 0.1) is 5.75 Å². The van der Waals surface area contributed by atoms with Gasteiger partial charge in [0.1, 0.15) is 30.2 Å². The molecule has 0 aliphatic rings. The van der Waals surface area contributed by atoms with Crippen molar-refractivity contribution in [3.05, 3.63) is 29.8 Å². The minimum absolute atomic E-state index is 0.181. The Morgan fingerprint density at radius 1 is 1.15 bits per heavy atom. The van der Waals surface area contributed by atoms with Crippen molar-refractivity contribution < 1.29 is 24.5 Å². The number of nitrogens with zero attached hydrogens (tertiary/aromatic N) is 1. The van der Waals surface area contributed by atoms with Gasteiger partial charge in [-0.2, -0.15) is 5.26 Å². The van der Waals surface area contributed by atoms with Crippen LogP contribution in [0.15, 0.2) is 24.3 Å². The highest BCUT2D eigenvalue weighted by atomic mass is 32.2. The van der Waals surface area contributed by atoms with E-state index in [1.165, 1.54) is 0 Å². The van der Waals surface area contributed by atoms with Crippen LogP contribution in [0.4, 0.5) is 0 Å². The lowest BCUT2D eigenvalue weighted by molar-refractivity contribution is -0.139. The van der Waals surface area contributed by atoms with Gasteiger partial charge in [0, 0.05) is 0 Å². The van der Waals surface area contributed by atoms with E-state index in [9.17, 15) is 9.59 Å². The van der Waals surface area contributed by atoms with Crippen LogP contribution in [0.1, 0.15) is 18.0 Å². The summed E-state index contributed by atoms with van der Waals surface area (Å²) < 4.78 is 5.13. The molecule has 0 saturated heterocycles. The zero-order valence-corrected chi connectivity index (χ0v) is 15.1. The van der Waals surface area contributed by atoms with Crippen molar-refractivity contribution in [2.24, 2.45) is 5.73 Å². The Morgan fingerprint density at radius 3 is 2.04 bits per heavy atom. The molecule has 1 atom stereocenters. The van der Waals surface area contributed by atoms with Gasteiger partial charge in [0.15, 0.2) is 0 Å². The number of nitriles is 1. The Kier molecular flexibility index (Phi) is 16.4. The summed E-state index contributed by atoms with van der Waals surface area (Å²) in [5.41, 5.74) is 5.94. The molecule has 0 heterocycles. The number of terminal acetylenes is 3. The van der Waals surface area contributed by atoms with Crippen LogP contribution in [0.25, 0.3) is 0 Å². The van der Waals surface area contributed by atoms with Crippen LogP contribution < -0.4 is 10.5 Å². The maximum absolute atomic E-state index is 10.6. The normalized spacial score (nSPS) is 9.07. The molecular weight excluding hydrogens is 368 g/mol. The summed E-state index contributed by atoms with van der Waals surface area (Å²) in [6, 6.07) is 5.46. The quantitative estimate of drug-likeness (QED) is 0.382. The molecule has 4 N–H and O–H groups in total. The molecule has 8 heteroatoms. The average molecular weight is 386 g/mol. The van der Waals surface area contributed by atoms with E-state index in [2.05, 4.69) is 18.3 Å². The minimum atomic E-state index is -1.06. The lowest BCUT2D eigenvalue weighted by Gasteiger charge is -2.07. The summed E-state index contributed by atoms with van der Waals surface area (Å²) >= 11 is 1.08. The number of carbonyl (C=O) groups is 2. The molecule has 0 aliphatic heterocycles. The van der Waals surface area contributed by atoms with E-state index in [0.717, 1.165) is 11.8 Å². The molecule has 1 rings (SSSR count). The molecule has 1 aromatic rings. The lowest BCUT2D eigenvalue weighted by Crippen LogP contribution is -2.20. The number of hydrogen-bond donors (Lipinski definition) is 3. The Labute approximate surface area is 162 Å². The van der Waals surface area contributed by atoms with Gasteiger partial charge >= 0.3 is 11.9 Å².